The average molecular weight is 322 g/mol. The fourth-order valence-corrected chi connectivity index (χ4v) is 2.72. The van der Waals surface area contributed by atoms with E-state index >= 15 is 0 Å². The van der Waals surface area contributed by atoms with Gasteiger partial charge in [-0.2, -0.15) is 0 Å². The van der Waals surface area contributed by atoms with Gasteiger partial charge in [0.25, 0.3) is 5.91 Å². The minimum absolute atomic E-state index is 0.0710. The van der Waals surface area contributed by atoms with Gasteiger partial charge in [-0.25, -0.2) is 0 Å². The molecule has 1 aromatic rings. The molecule has 0 saturated carbocycles. The molecule has 8 nitrogen and oxygen atoms in total. The minimum Gasteiger partial charge on any atom is -0.490 e. The number of carboxylic acid groups (broad SMARTS) is 1. The summed E-state index contributed by atoms with van der Waals surface area (Å²) in [4.78, 5) is 35.7. The quantitative estimate of drug-likeness (QED) is 0.670. The van der Waals surface area contributed by atoms with Gasteiger partial charge < -0.3 is 14.7 Å². The summed E-state index contributed by atoms with van der Waals surface area (Å²) in [5, 5.41) is 20.2. The molecule has 1 fully saturated rings. The fraction of sp³-hybridized carbons (Fsp3) is 0.467. The van der Waals surface area contributed by atoms with Crippen LogP contribution in [-0.4, -0.2) is 46.5 Å². The van der Waals surface area contributed by atoms with E-state index < -0.39 is 22.7 Å². The van der Waals surface area contributed by atoms with Gasteiger partial charge in [0.1, 0.15) is 0 Å². The van der Waals surface area contributed by atoms with Crippen LogP contribution in [0.2, 0.25) is 0 Å². The molecule has 1 aliphatic rings. The molecular weight excluding hydrogens is 304 g/mol. The number of piperidine rings is 1. The number of benzene rings is 1. The zero-order chi connectivity index (χ0) is 17.1. The van der Waals surface area contributed by atoms with Crippen LogP contribution in [0.4, 0.5) is 5.69 Å². The number of methoxy groups -OCH3 is 1. The molecule has 0 bridgehead atoms. The van der Waals surface area contributed by atoms with Crippen molar-refractivity contribution in [2.75, 3.05) is 13.7 Å². The van der Waals surface area contributed by atoms with Crippen LogP contribution in [-0.2, 0) is 4.79 Å². The van der Waals surface area contributed by atoms with Crippen LogP contribution >= 0.6 is 0 Å². The lowest BCUT2D eigenvalue weighted by Gasteiger charge is -2.36. The summed E-state index contributed by atoms with van der Waals surface area (Å²) in [5.74, 6) is -1.88. The smallest absolute Gasteiger partial charge is 0.311 e. The predicted octanol–water partition coefficient (Wildman–Crippen LogP) is 1.93. The number of carbonyl (C=O) groups is 2. The number of nitro benzene ring substituents is 1. The molecule has 0 aromatic heterocycles. The largest absolute Gasteiger partial charge is 0.490 e. The maximum absolute atomic E-state index is 12.6. The molecule has 124 valence electrons. The van der Waals surface area contributed by atoms with Crippen LogP contribution in [0.1, 0.15) is 30.1 Å². The number of likely N-dealkylation sites (tertiary alicyclic amines) is 1. The van der Waals surface area contributed by atoms with Crippen LogP contribution in [0.3, 0.4) is 0 Å². The second kappa shape index (κ2) is 6.64. The summed E-state index contributed by atoms with van der Waals surface area (Å²) in [5.41, 5.74) is -0.145. The zero-order valence-corrected chi connectivity index (χ0v) is 12.9. The molecule has 1 saturated heterocycles. The monoisotopic (exact) mass is 322 g/mol. The van der Waals surface area contributed by atoms with Crippen molar-refractivity contribution < 1.29 is 24.4 Å². The summed E-state index contributed by atoms with van der Waals surface area (Å²) in [6.07, 6.45) is 1.10. The van der Waals surface area contributed by atoms with Crippen molar-refractivity contribution >= 4 is 17.6 Å². The first-order valence-corrected chi connectivity index (χ1v) is 7.21. The lowest BCUT2D eigenvalue weighted by atomic mass is 9.93. The Morgan fingerprint density at radius 3 is 2.65 bits per heavy atom. The van der Waals surface area contributed by atoms with E-state index in [-0.39, 0.29) is 29.6 Å². The number of carboxylic acids is 1. The van der Waals surface area contributed by atoms with Crippen LogP contribution in [0.15, 0.2) is 18.2 Å². The van der Waals surface area contributed by atoms with Gasteiger partial charge >= 0.3 is 11.7 Å². The summed E-state index contributed by atoms with van der Waals surface area (Å²) >= 11 is 0. The van der Waals surface area contributed by atoms with Crippen molar-refractivity contribution in [3.8, 4) is 5.75 Å². The third-order valence-corrected chi connectivity index (χ3v) is 4.11. The molecule has 8 heteroatoms. The van der Waals surface area contributed by atoms with E-state index in [0.717, 1.165) is 6.07 Å². The van der Waals surface area contributed by atoms with Gasteiger partial charge in [-0.1, -0.05) is 0 Å². The first-order chi connectivity index (χ1) is 10.8. The second-order valence-electron chi connectivity index (χ2n) is 5.56. The van der Waals surface area contributed by atoms with Gasteiger partial charge in [-0.3, -0.25) is 19.7 Å². The minimum atomic E-state index is -0.935. The van der Waals surface area contributed by atoms with Crippen LogP contribution in [0.25, 0.3) is 0 Å². The third kappa shape index (κ3) is 3.41. The van der Waals surface area contributed by atoms with Gasteiger partial charge in [0, 0.05) is 24.2 Å². The van der Waals surface area contributed by atoms with Crippen molar-refractivity contribution in [2.45, 2.75) is 25.8 Å². The summed E-state index contributed by atoms with van der Waals surface area (Å²) in [6.45, 7) is 1.95. The van der Waals surface area contributed by atoms with Gasteiger partial charge in [-0.15, -0.1) is 0 Å². The van der Waals surface area contributed by atoms with Gasteiger partial charge in [-0.05, 0) is 31.9 Å². The molecule has 2 rings (SSSR count). The standard InChI is InChI=1S/C15H18N2O6/c1-9-3-4-11(15(19)20)8-16(9)14(18)10-5-6-13(23-2)12(7-10)17(21)22/h5-7,9,11H,3-4,8H2,1-2H3,(H,19,20). The number of hydrogen-bond donors (Lipinski definition) is 1. The van der Waals surface area contributed by atoms with Gasteiger partial charge in [0.05, 0.1) is 18.0 Å². The number of nitrogens with zero attached hydrogens (tertiary/aromatic N) is 2. The number of rotatable bonds is 4. The van der Waals surface area contributed by atoms with Gasteiger partial charge in [0.15, 0.2) is 5.75 Å². The highest BCUT2D eigenvalue weighted by Crippen LogP contribution is 2.30. The Bertz CT molecular complexity index is 645. The normalized spacial score (nSPS) is 20.9. The number of aliphatic carboxylic acids is 1. The molecule has 0 spiro atoms. The van der Waals surface area contributed by atoms with Crippen molar-refractivity contribution in [1.29, 1.82) is 0 Å². The van der Waals surface area contributed by atoms with Crippen LogP contribution in [0.5, 0.6) is 5.75 Å². The Morgan fingerprint density at radius 1 is 1.39 bits per heavy atom. The van der Waals surface area contributed by atoms with E-state index in [0.29, 0.717) is 12.8 Å². The maximum Gasteiger partial charge on any atom is 0.311 e. The van der Waals surface area contributed by atoms with E-state index in [9.17, 15) is 19.7 Å². The second-order valence-corrected chi connectivity index (χ2v) is 5.56. The summed E-state index contributed by atoms with van der Waals surface area (Å²) in [7, 11) is 1.31. The SMILES string of the molecule is COc1ccc(C(=O)N2CC(C(=O)O)CCC2C)cc1[N+](=O)[O-]. The Hall–Kier alpha value is -2.64. The lowest BCUT2D eigenvalue weighted by Crippen LogP contribution is -2.47. The van der Waals surface area contributed by atoms with E-state index in [1.165, 1.54) is 24.1 Å². The topological polar surface area (TPSA) is 110 Å². The molecule has 1 heterocycles. The molecule has 1 aromatic carbocycles. The van der Waals surface area contributed by atoms with Crippen LogP contribution in [0, 0.1) is 16.0 Å². The number of nitro groups is 1. The van der Waals surface area contributed by atoms with Crippen LogP contribution < -0.4 is 4.74 Å². The Labute approximate surface area is 132 Å². The summed E-state index contributed by atoms with van der Waals surface area (Å²) < 4.78 is 4.91. The Balaban J connectivity index is 2.30. The molecule has 23 heavy (non-hydrogen) atoms. The summed E-state index contributed by atoms with van der Waals surface area (Å²) in [6, 6.07) is 3.87. The van der Waals surface area contributed by atoms with E-state index in [1.807, 2.05) is 6.92 Å². The molecule has 0 radical (unpaired) electrons. The van der Waals surface area contributed by atoms with E-state index in [1.54, 1.807) is 0 Å². The maximum atomic E-state index is 12.6. The molecule has 2 atom stereocenters. The fourth-order valence-electron chi connectivity index (χ4n) is 2.72. The zero-order valence-electron chi connectivity index (χ0n) is 12.9. The molecule has 0 aliphatic carbocycles. The third-order valence-electron chi connectivity index (χ3n) is 4.11. The van der Waals surface area contributed by atoms with Crippen molar-refractivity contribution in [3.05, 3.63) is 33.9 Å². The van der Waals surface area contributed by atoms with Crippen molar-refractivity contribution in [1.82, 2.24) is 4.90 Å². The Kier molecular flexibility index (Phi) is 4.83. The number of carbonyl (C=O) groups excluding carboxylic acids is 1. The highest BCUT2D eigenvalue weighted by Gasteiger charge is 2.33. The first kappa shape index (κ1) is 16.7. The van der Waals surface area contributed by atoms with Crippen molar-refractivity contribution in [3.63, 3.8) is 0 Å². The van der Waals surface area contributed by atoms with Crippen molar-refractivity contribution in [2.24, 2.45) is 5.92 Å². The lowest BCUT2D eigenvalue weighted by molar-refractivity contribution is -0.385. The Morgan fingerprint density at radius 2 is 2.09 bits per heavy atom. The number of hydrogen-bond acceptors (Lipinski definition) is 5. The highest BCUT2D eigenvalue weighted by molar-refractivity contribution is 5.95. The average Bonchev–Trinajstić information content (AvgIpc) is 2.53. The molecule has 1 aliphatic heterocycles. The van der Waals surface area contributed by atoms with Gasteiger partial charge in [0.2, 0.25) is 0 Å². The number of amides is 1. The van der Waals surface area contributed by atoms with E-state index in [4.69, 9.17) is 9.84 Å². The highest BCUT2D eigenvalue weighted by atomic mass is 16.6. The predicted molar refractivity (Wildman–Crippen MR) is 80.5 cm³/mol. The molecule has 2 unspecified atom stereocenters. The van der Waals surface area contributed by atoms with E-state index in [2.05, 4.69) is 0 Å². The molecule has 1 amide bonds. The molecule has 1 N–H and O–H groups in total. The number of ether oxygens (including phenoxy) is 1. The first-order valence-electron chi connectivity index (χ1n) is 7.21. The molecular formula is C15H18N2O6.